The molecule has 1 aliphatic heterocycles. The topological polar surface area (TPSA) is 32.3 Å². The number of carbonyl (C=O) groups is 1. The molecule has 0 aromatic carbocycles. The van der Waals surface area contributed by atoms with Gasteiger partial charge >= 0.3 is 0 Å². The number of thiophene rings is 1. The lowest BCUT2D eigenvalue weighted by atomic mass is 9.94. The van der Waals surface area contributed by atoms with E-state index < -0.39 is 0 Å². The van der Waals surface area contributed by atoms with E-state index in [-0.39, 0.29) is 5.91 Å². The molecule has 122 valence electrons. The summed E-state index contributed by atoms with van der Waals surface area (Å²) in [5.74, 6) is 0.933. The lowest BCUT2D eigenvalue weighted by molar-refractivity contribution is 0.0953. The summed E-state index contributed by atoms with van der Waals surface area (Å²) in [5, 5.41) is 3.14. The smallest absolute Gasteiger partial charge is 0.261 e. The monoisotopic (exact) mass is 320 g/mol. The standard InChI is InChI=1S/C18H28N2OS/c1-20-11-8-14(9-12-20)7-10-19-18(21)17-13-15-5-3-2-4-6-16(15)22-17/h13-14H,2-12H2,1H3,(H,19,21). The zero-order chi connectivity index (χ0) is 15.4. The lowest BCUT2D eigenvalue weighted by Gasteiger charge is -2.28. The first-order valence-corrected chi connectivity index (χ1v) is 9.62. The largest absolute Gasteiger partial charge is 0.351 e. The summed E-state index contributed by atoms with van der Waals surface area (Å²) in [6, 6.07) is 2.15. The van der Waals surface area contributed by atoms with Crippen molar-refractivity contribution in [2.45, 2.75) is 51.4 Å². The van der Waals surface area contributed by atoms with Gasteiger partial charge < -0.3 is 10.2 Å². The van der Waals surface area contributed by atoms with E-state index in [0.29, 0.717) is 0 Å². The van der Waals surface area contributed by atoms with E-state index in [9.17, 15) is 4.79 Å². The van der Waals surface area contributed by atoms with Crippen molar-refractivity contribution in [1.29, 1.82) is 0 Å². The first kappa shape index (κ1) is 16.0. The van der Waals surface area contributed by atoms with Gasteiger partial charge in [0.1, 0.15) is 0 Å². The predicted molar refractivity (Wildman–Crippen MR) is 92.7 cm³/mol. The highest BCUT2D eigenvalue weighted by atomic mass is 32.1. The lowest BCUT2D eigenvalue weighted by Crippen LogP contribution is -2.32. The summed E-state index contributed by atoms with van der Waals surface area (Å²) in [7, 11) is 2.19. The molecular formula is C18H28N2OS. The number of piperidine rings is 1. The Morgan fingerprint density at radius 2 is 2.05 bits per heavy atom. The SMILES string of the molecule is CN1CCC(CCNC(=O)c2cc3c(s2)CCCCC3)CC1. The van der Waals surface area contributed by atoms with Gasteiger partial charge in [-0.2, -0.15) is 0 Å². The van der Waals surface area contributed by atoms with Crippen LogP contribution in [0, 0.1) is 5.92 Å². The van der Waals surface area contributed by atoms with E-state index in [1.54, 1.807) is 11.3 Å². The first-order chi connectivity index (χ1) is 10.7. The fourth-order valence-corrected chi connectivity index (χ4v) is 4.78. The quantitative estimate of drug-likeness (QED) is 0.862. The van der Waals surface area contributed by atoms with Crippen molar-refractivity contribution in [1.82, 2.24) is 10.2 Å². The van der Waals surface area contributed by atoms with Crippen LogP contribution in [0.2, 0.25) is 0 Å². The molecule has 0 unspecified atom stereocenters. The molecule has 0 bridgehead atoms. The van der Waals surface area contributed by atoms with Gasteiger partial charge in [-0.3, -0.25) is 4.79 Å². The van der Waals surface area contributed by atoms with Crippen LogP contribution in [-0.4, -0.2) is 37.5 Å². The van der Waals surface area contributed by atoms with Crippen LogP contribution in [0.4, 0.5) is 0 Å². The molecule has 1 saturated heterocycles. The van der Waals surface area contributed by atoms with Gasteiger partial charge in [0.2, 0.25) is 0 Å². The van der Waals surface area contributed by atoms with Crippen molar-refractivity contribution < 1.29 is 4.79 Å². The Bertz CT molecular complexity index is 480. The number of carbonyl (C=O) groups excluding carboxylic acids is 1. The number of amides is 1. The minimum Gasteiger partial charge on any atom is -0.351 e. The van der Waals surface area contributed by atoms with Crippen molar-refractivity contribution in [2.75, 3.05) is 26.7 Å². The molecule has 22 heavy (non-hydrogen) atoms. The third-order valence-electron chi connectivity index (χ3n) is 5.15. The van der Waals surface area contributed by atoms with Crippen molar-refractivity contribution >= 4 is 17.2 Å². The Morgan fingerprint density at radius 1 is 1.27 bits per heavy atom. The van der Waals surface area contributed by atoms with Crippen molar-refractivity contribution in [3.05, 3.63) is 21.4 Å². The van der Waals surface area contributed by atoms with Gasteiger partial charge in [-0.25, -0.2) is 0 Å². The Kier molecular flexibility index (Phi) is 5.53. The maximum Gasteiger partial charge on any atom is 0.261 e. The highest BCUT2D eigenvalue weighted by Gasteiger charge is 2.18. The van der Waals surface area contributed by atoms with E-state index in [4.69, 9.17) is 0 Å². The Balaban J connectivity index is 1.46. The fourth-order valence-electron chi connectivity index (χ4n) is 3.61. The predicted octanol–water partition coefficient (Wildman–Crippen LogP) is 3.48. The zero-order valence-corrected chi connectivity index (χ0v) is 14.5. The average molecular weight is 321 g/mol. The van der Waals surface area contributed by atoms with Gasteiger partial charge in [0.05, 0.1) is 4.88 Å². The normalized spacial score (nSPS) is 20.4. The first-order valence-electron chi connectivity index (χ1n) is 8.80. The van der Waals surface area contributed by atoms with Gasteiger partial charge in [-0.15, -0.1) is 11.3 Å². The molecule has 1 aliphatic carbocycles. The molecule has 1 aromatic heterocycles. The Morgan fingerprint density at radius 3 is 2.86 bits per heavy atom. The van der Waals surface area contributed by atoms with Crippen LogP contribution in [0.3, 0.4) is 0 Å². The van der Waals surface area contributed by atoms with Crippen LogP contribution in [0.15, 0.2) is 6.07 Å². The molecule has 4 heteroatoms. The number of likely N-dealkylation sites (tertiary alicyclic amines) is 1. The fraction of sp³-hybridized carbons (Fsp3) is 0.722. The number of hydrogen-bond donors (Lipinski definition) is 1. The summed E-state index contributed by atoms with van der Waals surface area (Å²) in [6.07, 6.45) is 9.91. The molecule has 2 aliphatic rings. The van der Waals surface area contributed by atoms with E-state index >= 15 is 0 Å². The minimum atomic E-state index is 0.144. The summed E-state index contributed by atoms with van der Waals surface area (Å²) in [5.41, 5.74) is 1.43. The average Bonchev–Trinajstić information content (AvgIpc) is 2.80. The third-order valence-corrected chi connectivity index (χ3v) is 6.38. The Labute approximate surface area is 138 Å². The number of rotatable bonds is 4. The van der Waals surface area contributed by atoms with Crippen molar-refractivity contribution in [2.24, 2.45) is 5.92 Å². The Hall–Kier alpha value is -0.870. The van der Waals surface area contributed by atoms with Gasteiger partial charge in [0.25, 0.3) is 5.91 Å². The molecule has 1 amide bonds. The van der Waals surface area contributed by atoms with Crippen LogP contribution in [-0.2, 0) is 12.8 Å². The van der Waals surface area contributed by atoms with E-state index in [0.717, 1.165) is 30.2 Å². The molecule has 1 N–H and O–H groups in total. The van der Waals surface area contributed by atoms with Crippen LogP contribution < -0.4 is 5.32 Å². The van der Waals surface area contributed by atoms with Crippen LogP contribution >= 0.6 is 11.3 Å². The summed E-state index contributed by atoms with van der Waals surface area (Å²) < 4.78 is 0. The molecule has 0 radical (unpaired) electrons. The molecule has 0 spiro atoms. The van der Waals surface area contributed by atoms with Gasteiger partial charge in [0, 0.05) is 11.4 Å². The molecule has 3 nitrogen and oxygen atoms in total. The van der Waals surface area contributed by atoms with Crippen molar-refractivity contribution in [3.8, 4) is 0 Å². The molecule has 3 rings (SSSR count). The molecule has 0 saturated carbocycles. The van der Waals surface area contributed by atoms with Gasteiger partial charge in [0.15, 0.2) is 0 Å². The third kappa shape index (κ3) is 4.11. The summed E-state index contributed by atoms with van der Waals surface area (Å²) in [4.78, 5) is 17.1. The van der Waals surface area contributed by atoms with Gasteiger partial charge in [-0.05, 0) is 82.6 Å². The van der Waals surface area contributed by atoms with Crippen LogP contribution in [0.25, 0.3) is 0 Å². The summed E-state index contributed by atoms with van der Waals surface area (Å²) in [6.45, 7) is 3.24. The minimum absolute atomic E-state index is 0.144. The molecule has 1 aromatic rings. The highest BCUT2D eigenvalue weighted by Crippen LogP contribution is 2.29. The van der Waals surface area contributed by atoms with E-state index in [1.165, 1.54) is 62.1 Å². The summed E-state index contributed by atoms with van der Waals surface area (Å²) >= 11 is 1.72. The zero-order valence-electron chi connectivity index (χ0n) is 13.7. The maximum absolute atomic E-state index is 12.3. The highest BCUT2D eigenvalue weighted by molar-refractivity contribution is 7.14. The van der Waals surface area contributed by atoms with Crippen LogP contribution in [0.1, 0.15) is 58.6 Å². The number of nitrogens with one attached hydrogen (secondary N) is 1. The van der Waals surface area contributed by atoms with Crippen molar-refractivity contribution in [3.63, 3.8) is 0 Å². The number of hydrogen-bond acceptors (Lipinski definition) is 3. The van der Waals surface area contributed by atoms with Gasteiger partial charge in [-0.1, -0.05) is 6.42 Å². The number of aryl methyl sites for hydroxylation is 2. The molecule has 1 fully saturated rings. The van der Waals surface area contributed by atoms with Crippen LogP contribution in [0.5, 0.6) is 0 Å². The number of fused-ring (bicyclic) bond motifs is 1. The molecule has 2 heterocycles. The maximum atomic E-state index is 12.3. The molecular weight excluding hydrogens is 292 g/mol. The van der Waals surface area contributed by atoms with E-state index in [2.05, 4.69) is 23.3 Å². The molecule has 0 atom stereocenters. The second-order valence-electron chi connectivity index (χ2n) is 6.91. The second-order valence-corrected chi connectivity index (χ2v) is 8.05. The number of nitrogens with zero attached hydrogens (tertiary/aromatic N) is 1. The second kappa shape index (κ2) is 7.60. The van der Waals surface area contributed by atoms with E-state index in [1.807, 2.05) is 0 Å².